The molecule has 0 saturated carbocycles. The SMILES string of the molecule is C[C@H](NC(=O)Nc1ccc(-c2ccccc2)cc1)C(=O)O. The summed E-state index contributed by atoms with van der Waals surface area (Å²) in [6.45, 7) is 1.40. The number of urea groups is 1. The molecule has 5 heteroatoms. The number of hydrogen-bond acceptors (Lipinski definition) is 2. The summed E-state index contributed by atoms with van der Waals surface area (Å²) in [7, 11) is 0. The van der Waals surface area contributed by atoms with E-state index in [1.54, 1.807) is 12.1 Å². The van der Waals surface area contributed by atoms with Crippen LogP contribution >= 0.6 is 0 Å². The molecule has 1 atom stereocenters. The van der Waals surface area contributed by atoms with Crippen LogP contribution in [0.4, 0.5) is 10.5 Å². The zero-order valence-corrected chi connectivity index (χ0v) is 11.5. The van der Waals surface area contributed by atoms with Gasteiger partial charge in [0.15, 0.2) is 0 Å². The van der Waals surface area contributed by atoms with E-state index in [9.17, 15) is 9.59 Å². The van der Waals surface area contributed by atoms with Crippen molar-refractivity contribution < 1.29 is 14.7 Å². The van der Waals surface area contributed by atoms with Gasteiger partial charge in [0.25, 0.3) is 0 Å². The highest BCUT2D eigenvalue weighted by molar-refractivity contribution is 5.92. The zero-order valence-electron chi connectivity index (χ0n) is 11.5. The van der Waals surface area contributed by atoms with Gasteiger partial charge in [0.2, 0.25) is 0 Å². The zero-order chi connectivity index (χ0) is 15.2. The van der Waals surface area contributed by atoms with Gasteiger partial charge in [0.05, 0.1) is 0 Å². The number of anilines is 1. The number of carbonyl (C=O) groups excluding carboxylic acids is 1. The van der Waals surface area contributed by atoms with Crippen molar-refractivity contribution in [2.24, 2.45) is 0 Å². The second-order valence-corrected chi connectivity index (χ2v) is 4.60. The Labute approximate surface area is 122 Å². The van der Waals surface area contributed by atoms with Crippen molar-refractivity contribution in [1.29, 1.82) is 0 Å². The maximum Gasteiger partial charge on any atom is 0.325 e. The van der Waals surface area contributed by atoms with Gasteiger partial charge in [-0.25, -0.2) is 4.79 Å². The quantitative estimate of drug-likeness (QED) is 0.807. The molecule has 0 aliphatic rings. The Kier molecular flexibility index (Phi) is 4.56. The smallest absolute Gasteiger partial charge is 0.325 e. The van der Waals surface area contributed by atoms with Gasteiger partial charge in [0, 0.05) is 5.69 Å². The lowest BCUT2D eigenvalue weighted by Crippen LogP contribution is -2.40. The average Bonchev–Trinajstić information content (AvgIpc) is 2.48. The molecule has 0 saturated heterocycles. The van der Waals surface area contributed by atoms with E-state index in [0.717, 1.165) is 11.1 Å². The average molecular weight is 284 g/mol. The summed E-state index contributed by atoms with van der Waals surface area (Å²) in [6.07, 6.45) is 0. The third-order valence-corrected chi connectivity index (χ3v) is 2.97. The first-order valence-electron chi connectivity index (χ1n) is 6.52. The predicted molar refractivity (Wildman–Crippen MR) is 81.1 cm³/mol. The third kappa shape index (κ3) is 4.07. The normalized spacial score (nSPS) is 11.5. The van der Waals surface area contributed by atoms with Gasteiger partial charge in [-0.2, -0.15) is 0 Å². The van der Waals surface area contributed by atoms with Crippen molar-refractivity contribution in [2.75, 3.05) is 5.32 Å². The number of carboxylic acids is 1. The fourth-order valence-corrected chi connectivity index (χ4v) is 1.80. The lowest BCUT2D eigenvalue weighted by Gasteiger charge is -2.11. The monoisotopic (exact) mass is 284 g/mol. The highest BCUT2D eigenvalue weighted by Gasteiger charge is 2.13. The number of hydrogen-bond donors (Lipinski definition) is 3. The number of carboxylic acid groups (broad SMARTS) is 1. The van der Waals surface area contributed by atoms with Gasteiger partial charge in [-0.05, 0) is 30.2 Å². The molecule has 0 aliphatic carbocycles. The van der Waals surface area contributed by atoms with Crippen LogP contribution in [0.1, 0.15) is 6.92 Å². The van der Waals surface area contributed by atoms with Crippen molar-refractivity contribution in [3.63, 3.8) is 0 Å². The number of amides is 2. The Morgan fingerprint density at radius 3 is 2.10 bits per heavy atom. The third-order valence-electron chi connectivity index (χ3n) is 2.97. The minimum atomic E-state index is -1.08. The number of benzene rings is 2. The van der Waals surface area contributed by atoms with Gasteiger partial charge < -0.3 is 15.7 Å². The molecule has 2 aromatic carbocycles. The highest BCUT2D eigenvalue weighted by Crippen LogP contribution is 2.20. The molecule has 0 bridgehead atoms. The molecular weight excluding hydrogens is 268 g/mol. The van der Waals surface area contributed by atoms with Crippen molar-refractivity contribution in [3.8, 4) is 11.1 Å². The van der Waals surface area contributed by atoms with Gasteiger partial charge in [-0.1, -0.05) is 42.5 Å². The molecule has 0 spiro atoms. The van der Waals surface area contributed by atoms with Crippen molar-refractivity contribution in [3.05, 3.63) is 54.6 Å². The summed E-state index contributed by atoms with van der Waals surface area (Å²) in [5.41, 5.74) is 2.73. The van der Waals surface area contributed by atoms with E-state index >= 15 is 0 Å². The fraction of sp³-hybridized carbons (Fsp3) is 0.125. The summed E-state index contributed by atoms with van der Waals surface area (Å²) < 4.78 is 0. The van der Waals surface area contributed by atoms with E-state index in [1.807, 2.05) is 42.5 Å². The summed E-state index contributed by atoms with van der Waals surface area (Å²) in [6, 6.07) is 15.7. The van der Waals surface area contributed by atoms with Gasteiger partial charge in [-0.15, -0.1) is 0 Å². The minimum Gasteiger partial charge on any atom is -0.480 e. The summed E-state index contributed by atoms with van der Waals surface area (Å²) in [5, 5.41) is 13.6. The van der Waals surface area contributed by atoms with Crippen LogP contribution in [0.25, 0.3) is 11.1 Å². The molecule has 108 valence electrons. The molecule has 2 aromatic rings. The van der Waals surface area contributed by atoms with Crippen LogP contribution in [0, 0.1) is 0 Å². The Morgan fingerprint density at radius 1 is 0.952 bits per heavy atom. The lowest BCUT2D eigenvalue weighted by atomic mass is 10.1. The van der Waals surface area contributed by atoms with Crippen LogP contribution in [-0.2, 0) is 4.79 Å². The molecule has 0 radical (unpaired) electrons. The Hall–Kier alpha value is -2.82. The molecule has 0 unspecified atom stereocenters. The predicted octanol–water partition coefficient (Wildman–Crippen LogP) is 2.95. The molecule has 3 N–H and O–H groups in total. The van der Waals surface area contributed by atoms with Gasteiger partial charge in [0.1, 0.15) is 6.04 Å². The minimum absolute atomic E-state index is 0.544. The molecule has 2 amide bonds. The molecule has 0 fully saturated rings. The molecule has 0 heterocycles. The van der Waals surface area contributed by atoms with E-state index in [2.05, 4.69) is 10.6 Å². The summed E-state index contributed by atoms with van der Waals surface area (Å²) in [5.74, 6) is -1.08. The number of aliphatic carboxylic acids is 1. The molecule has 0 aromatic heterocycles. The summed E-state index contributed by atoms with van der Waals surface area (Å²) in [4.78, 5) is 22.2. The lowest BCUT2D eigenvalue weighted by molar-refractivity contribution is -0.138. The van der Waals surface area contributed by atoms with E-state index in [-0.39, 0.29) is 0 Å². The number of nitrogens with one attached hydrogen (secondary N) is 2. The first kappa shape index (κ1) is 14.6. The maximum atomic E-state index is 11.6. The summed E-state index contributed by atoms with van der Waals surface area (Å²) >= 11 is 0. The number of carbonyl (C=O) groups is 2. The molecule has 0 aliphatic heterocycles. The second-order valence-electron chi connectivity index (χ2n) is 4.60. The van der Waals surface area contributed by atoms with Crippen LogP contribution in [-0.4, -0.2) is 23.1 Å². The molecule has 2 rings (SSSR count). The second kappa shape index (κ2) is 6.56. The Balaban J connectivity index is 2.00. The van der Waals surface area contributed by atoms with Crippen LogP contribution in [0.5, 0.6) is 0 Å². The first-order valence-corrected chi connectivity index (χ1v) is 6.52. The van der Waals surface area contributed by atoms with Gasteiger partial charge >= 0.3 is 12.0 Å². The van der Waals surface area contributed by atoms with Crippen LogP contribution < -0.4 is 10.6 Å². The standard InChI is InChI=1S/C16H16N2O3/c1-11(15(19)20)17-16(21)18-14-9-7-13(8-10-14)12-5-3-2-4-6-12/h2-11H,1H3,(H,19,20)(H2,17,18,21)/t11-/m0/s1. The largest absolute Gasteiger partial charge is 0.480 e. The van der Waals surface area contributed by atoms with Crippen LogP contribution in [0.2, 0.25) is 0 Å². The molecular formula is C16H16N2O3. The Bertz CT molecular complexity index is 624. The molecule has 21 heavy (non-hydrogen) atoms. The topological polar surface area (TPSA) is 78.4 Å². The Morgan fingerprint density at radius 2 is 1.52 bits per heavy atom. The van der Waals surface area contributed by atoms with E-state index in [1.165, 1.54) is 6.92 Å². The van der Waals surface area contributed by atoms with E-state index in [0.29, 0.717) is 5.69 Å². The number of rotatable bonds is 4. The van der Waals surface area contributed by atoms with Crippen molar-refractivity contribution >= 4 is 17.7 Å². The van der Waals surface area contributed by atoms with E-state index < -0.39 is 18.0 Å². The fourth-order valence-electron chi connectivity index (χ4n) is 1.80. The van der Waals surface area contributed by atoms with Crippen molar-refractivity contribution in [2.45, 2.75) is 13.0 Å². The van der Waals surface area contributed by atoms with Gasteiger partial charge in [-0.3, -0.25) is 4.79 Å². The van der Waals surface area contributed by atoms with Crippen LogP contribution in [0.15, 0.2) is 54.6 Å². The maximum absolute atomic E-state index is 11.6. The first-order chi connectivity index (χ1) is 10.1. The highest BCUT2D eigenvalue weighted by atomic mass is 16.4. The van der Waals surface area contributed by atoms with E-state index in [4.69, 9.17) is 5.11 Å². The van der Waals surface area contributed by atoms with Crippen molar-refractivity contribution in [1.82, 2.24) is 5.32 Å². The molecule has 5 nitrogen and oxygen atoms in total. The van der Waals surface area contributed by atoms with Crippen LogP contribution in [0.3, 0.4) is 0 Å².